The number of guanidine groups is 1. The highest BCUT2D eigenvalue weighted by Gasteiger charge is 2.50. The van der Waals surface area contributed by atoms with Gasteiger partial charge >= 0.3 is 0 Å². The number of hydrogen-bond donors (Lipinski definition) is 2. The summed E-state index contributed by atoms with van der Waals surface area (Å²) in [6.45, 7) is 6.69. The monoisotopic (exact) mass is 488 g/mol. The first kappa shape index (κ1) is 21.2. The number of halogens is 1. The van der Waals surface area contributed by atoms with Crippen LogP contribution < -0.4 is 10.6 Å². The Morgan fingerprint density at radius 1 is 1.15 bits per heavy atom. The Hall–Kier alpha value is -0.530. The molecule has 5 rings (SSSR count). The van der Waals surface area contributed by atoms with Crippen molar-refractivity contribution < 1.29 is 4.79 Å². The SMILES string of the molecule is CN=C(NCC12CC3CC(CC(C3)C1)C2)NC1CCN(C(=O)C(C)C)C1.I. The fourth-order valence-electron chi connectivity index (χ4n) is 6.61. The normalized spacial score (nSPS) is 37.5. The minimum atomic E-state index is 0. The zero-order valence-corrected chi connectivity index (χ0v) is 19.5. The van der Waals surface area contributed by atoms with Crippen molar-refractivity contribution in [1.29, 1.82) is 0 Å². The predicted octanol–water partition coefficient (Wildman–Crippen LogP) is 3.24. The molecule has 5 nitrogen and oxygen atoms in total. The second-order valence-corrected chi connectivity index (χ2v) is 9.91. The minimum Gasteiger partial charge on any atom is -0.356 e. The molecule has 1 amide bonds. The average molecular weight is 488 g/mol. The smallest absolute Gasteiger partial charge is 0.225 e. The standard InChI is InChI=1S/C21H36N4O.HI/c1-14(2)19(26)25-5-4-18(12-25)24-20(22-3)23-13-21-9-15-6-16(10-21)8-17(7-15)11-21;/h14-18H,4-13H2,1-3H3,(H2,22,23,24);1H. The van der Waals surface area contributed by atoms with E-state index in [4.69, 9.17) is 0 Å². The van der Waals surface area contributed by atoms with Gasteiger partial charge in [0, 0.05) is 38.6 Å². The molecule has 1 heterocycles. The number of nitrogens with zero attached hydrogens (tertiary/aromatic N) is 2. The van der Waals surface area contributed by atoms with Crippen LogP contribution in [0.1, 0.15) is 58.8 Å². The maximum atomic E-state index is 12.2. The van der Waals surface area contributed by atoms with Crippen LogP contribution >= 0.6 is 24.0 Å². The van der Waals surface area contributed by atoms with Gasteiger partial charge in [-0.25, -0.2) is 0 Å². The molecule has 0 spiro atoms. The largest absolute Gasteiger partial charge is 0.356 e. The summed E-state index contributed by atoms with van der Waals surface area (Å²) in [6, 6.07) is 0.320. The third-order valence-electron chi connectivity index (χ3n) is 7.35. The van der Waals surface area contributed by atoms with E-state index in [1.165, 1.54) is 38.5 Å². The van der Waals surface area contributed by atoms with Gasteiger partial charge in [-0.15, -0.1) is 24.0 Å². The van der Waals surface area contributed by atoms with E-state index >= 15 is 0 Å². The van der Waals surface area contributed by atoms with Crippen LogP contribution in [-0.4, -0.2) is 49.5 Å². The molecular formula is C21H37IN4O. The fraction of sp³-hybridized carbons (Fsp3) is 0.905. The van der Waals surface area contributed by atoms with Crippen molar-refractivity contribution in [3.8, 4) is 0 Å². The summed E-state index contributed by atoms with van der Waals surface area (Å²) >= 11 is 0. The highest BCUT2D eigenvalue weighted by atomic mass is 127. The molecule has 154 valence electrons. The van der Waals surface area contributed by atoms with E-state index in [-0.39, 0.29) is 35.8 Å². The van der Waals surface area contributed by atoms with Crippen LogP contribution in [0.4, 0.5) is 0 Å². The molecular weight excluding hydrogens is 451 g/mol. The maximum absolute atomic E-state index is 12.2. The second kappa shape index (κ2) is 8.46. The number of rotatable bonds is 4. The Labute approximate surface area is 181 Å². The van der Waals surface area contributed by atoms with Gasteiger partial charge in [0.15, 0.2) is 5.96 Å². The molecule has 5 fully saturated rings. The molecule has 0 aromatic heterocycles. The Morgan fingerprint density at radius 2 is 1.74 bits per heavy atom. The van der Waals surface area contributed by atoms with Gasteiger partial charge in [0.05, 0.1) is 0 Å². The first-order chi connectivity index (χ1) is 12.5. The Kier molecular flexibility index (Phi) is 6.63. The third-order valence-corrected chi connectivity index (χ3v) is 7.35. The molecule has 1 atom stereocenters. The molecule has 1 unspecified atom stereocenters. The fourth-order valence-corrected chi connectivity index (χ4v) is 6.61. The lowest BCUT2D eigenvalue weighted by Gasteiger charge is -2.57. The summed E-state index contributed by atoms with van der Waals surface area (Å²) in [6.07, 6.45) is 9.75. The van der Waals surface area contributed by atoms with Gasteiger partial charge in [0.2, 0.25) is 5.91 Å². The van der Waals surface area contributed by atoms with Gasteiger partial charge in [0.1, 0.15) is 0 Å². The molecule has 0 aromatic carbocycles. The van der Waals surface area contributed by atoms with Crippen LogP contribution in [-0.2, 0) is 4.79 Å². The number of nitrogens with one attached hydrogen (secondary N) is 2. The van der Waals surface area contributed by atoms with E-state index < -0.39 is 0 Å². The van der Waals surface area contributed by atoms with E-state index in [2.05, 4.69) is 15.6 Å². The van der Waals surface area contributed by atoms with Crippen molar-refractivity contribution >= 4 is 35.8 Å². The third kappa shape index (κ3) is 4.56. The zero-order chi connectivity index (χ0) is 18.3. The van der Waals surface area contributed by atoms with Crippen LogP contribution in [0.2, 0.25) is 0 Å². The van der Waals surface area contributed by atoms with Gasteiger partial charge in [-0.3, -0.25) is 9.79 Å². The van der Waals surface area contributed by atoms with Crippen molar-refractivity contribution in [2.24, 2.45) is 34.1 Å². The molecule has 4 bridgehead atoms. The molecule has 2 N–H and O–H groups in total. The van der Waals surface area contributed by atoms with E-state index in [0.29, 0.717) is 11.5 Å². The van der Waals surface area contributed by atoms with Crippen molar-refractivity contribution in [3.05, 3.63) is 0 Å². The maximum Gasteiger partial charge on any atom is 0.225 e. The number of hydrogen-bond acceptors (Lipinski definition) is 2. The lowest BCUT2D eigenvalue weighted by atomic mass is 9.49. The molecule has 0 radical (unpaired) electrons. The first-order valence-electron chi connectivity index (χ1n) is 10.7. The molecule has 6 heteroatoms. The minimum absolute atomic E-state index is 0. The van der Waals surface area contributed by atoms with Gasteiger partial charge < -0.3 is 15.5 Å². The highest BCUT2D eigenvalue weighted by molar-refractivity contribution is 14.0. The topological polar surface area (TPSA) is 56.7 Å². The van der Waals surface area contributed by atoms with Crippen LogP contribution in [0.25, 0.3) is 0 Å². The van der Waals surface area contributed by atoms with Crippen molar-refractivity contribution in [3.63, 3.8) is 0 Å². The molecule has 1 saturated heterocycles. The Balaban J connectivity index is 0.00000210. The molecule has 0 aromatic rings. The Bertz CT molecular complexity index is 541. The molecule has 1 aliphatic heterocycles. The van der Waals surface area contributed by atoms with E-state index in [9.17, 15) is 4.79 Å². The lowest BCUT2D eigenvalue weighted by molar-refractivity contribution is -0.133. The lowest BCUT2D eigenvalue weighted by Crippen LogP contribution is -2.53. The number of amides is 1. The number of likely N-dealkylation sites (tertiary alicyclic amines) is 1. The van der Waals surface area contributed by atoms with Crippen molar-refractivity contribution in [2.75, 3.05) is 26.7 Å². The van der Waals surface area contributed by atoms with Crippen LogP contribution in [0.3, 0.4) is 0 Å². The second-order valence-electron chi connectivity index (χ2n) is 9.91. The number of aliphatic imine (C=N–C) groups is 1. The summed E-state index contributed by atoms with van der Waals surface area (Å²) in [5.74, 6) is 4.24. The summed E-state index contributed by atoms with van der Waals surface area (Å²) < 4.78 is 0. The summed E-state index contributed by atoms with van der Waals surface area (Å²) in [5, 5.41) is 7.22. The summed E-state index contributed by atoms with van der Waals surface area (Å²) in [5.41, 5.74) is 0.516. The van der Waals surface area contributed by atoms with E-state index in [1.54, 1.807) is 0 Å². The van der Waals surface area contributed by atoms with Crippen LogP contribution in [0, 0.1) is 29.1 Å². The van der Waals surface area contributed by atoms with Gasteiger partial charge in [-0.2, -0.15) is 0 Å². The molecule has 27 heavy (non-hydrogen) atoms. The van der Waals surface area contributed by atoms with Crippen molar-refractivity contribution in [2.45, 2.75) is 64.8 Å². The average Bonchev–Trinajstić information content (AvgIpc) is 3.05. The quantitative estimate of drug-likeness (QED) is 0.363. The van der Waals surface area contributed by atoms with E-state index in [1.807, 2.05) is 25.8 Å². The molecule has 4 aliphatic carbocycles. The van der Waals surface area contributed by atoms with Gasteiger partial charge in [0.25, 0.3) is 0 Å². The molecule has 5 aliphatic rings. The Morgan fingerprint density at radius 3 is 2.26 bits per heavy atom. The summed E-state index contributed by atoms with van der Waals surface area (Å²) in [7, 11) is 1.86. The van der Waals surface area contributed by atoms with Gasteiger partial charge in [-0.05, 0) is 68.1 Å². The molecule has 4 saturated carbocycles. The zero-order valence-electron chi connectivity index (χ0n) is 17.2. The highest BCUT2D eigenvalue weighted by Crippen LogP contribution is 2.59. The predicted molar refractivity (Wildman–Crippen MR) is 120 cm³/mol. The van der Waals surface area contributed by atoms with Crippen molar-refractivity contribution in [1.82, 2.24) is 15.5 Å². The first-order valence-corrected chi connectivity index (χ1v) is 10.7. The van der Waals surface area contributed by atoms with Crippen LogP contribution in [0.15, 0.2) is 4.99 Å². The summed E-state index contributed by atoms with van der Waals surface area (Å²) in [4.78, 5) is 18.6. The number of carbonyl (C=O) groups is 1. The van der Waals surface area contributed by atoms with E-state index in [0.717, 1.165) is 49.8 Å². The van der Waals surface area contributed by atoms with Gasteiger partial charge in [-0.1, -0.05) is 13.8 Å². The number of carbonyl (C=O) groups excluding carboxylic acids is 1. The van der Waals surface area contributed by atoms with Crippen LogP contribution in [0.5, 0.6) is 0 Å².